The second-order valence-electron chi connectivity index (χ2n) is 8.89. The summed E-state index contributed by atoms with van der Waals surface area (Å²) in [7, 11) is 0. The van der Waals surface area contributed by atoms with Crippen molar-refractivity contribution in [3.05, 3.63) is 11.6 Å². The number of ether oxygens (including phenoxy) is 5. The summed E-state index contributed by atoms with van der Waals surface area (Å²) in [4.78, 5) is 36.2. The van der Waals surface area contributed by atoms with Crippen molar-refractivity contribution in [2.24, 2.45) is 0 Å². The summed E-state index contributed by atoms with van der Waals surface area (Å²) in [6.07, 6.45) is -21.5. The van der Waals surface area contributed by atoms with Crippen LogP contribution in [0.25, 0.3) is 0 Å². The molecule has 0 saturated heterocycles. The standard InChI is InChI=1S/C23H25F15O8/c24-18(25,21(30,31)32)4-2-1-3-5-46-17(41)14(10-15(39)44-8-6-42-12-19(26,27)22(33,34)35)11-16(40)45-9-7-43-13-20(28,29)23(36,37)38/h10H,1-9,11-13H2/b14-10-. The van der Waals surface area contributed by atoms with Crippen molar-refractivity contribution in [1.29, 1.82) is 0 Å². The fourth-order valence-electron chi connectivity index (χ4n) is 2.58. The molecule has 0 unspecified atom stereocenters. The molecule has 0 heterocycles. The van der Waals surface area contributed by atoms with Crippen LogP contribution in [-0.2, 0) is 38.1 Å². The number of rotatable bonds is 20. The molecule has 46 heavy (non-hydrogen) atoms. The number of carbonyl (C=O) groups excluding carboxylic acids is 3. The Balaban J connectivity index is 5.07. The molecule has 270 valence electrons. The molecule has 0 rings (SSSR count). The van der Waals surface area contributed by atoms with Crippen molar-refractivity contribution in [3.63, 3.8) is 0 Å². The smallest absolute Gasteiger partial charge is 0.455 e. The number of unbranched alkanes of at least 4 members (excludes halogenated alkanes) is 2. The zero-order valence-electron chi connectivity index (χ0n) is 23.0. The molecule has 0 N–H and O–H groups in total. The lowest BCUT2D eigenvalue weighted by atomic mass is 10.1. The van der Waals surface area contributed by atoms with Gasteiger partial charge in [-0.3, -0.25) is 4.79 Å². The first kappa shape index (κ1) is 43.0. The summed E-state index contributed by atoms with van der Waals surface area (Å²) in [6.45, 7) is -8.83. The van der Waals surface area contributed by atoms with Crippen LogP contribution in [0.2, 0.25) is 0 Å². The highest BCUT2D eigenvalue weighted by molar-refractivity contribution is 5.99. The summed E-state index contributed by atoms with van der Waals surface area (Å²) < 4.78 is 208. The van der Waals surface area contributed by atoms with Crippen LogP contribution >= 0.6 is 0 Å². The normalized spacial score (nSPS) is 13.8. The number of alkyl halides is 15. The summed E-state index contributed by atoms with van der Waals surface area (Å²) in [5.74, 6) is -19.9. The predicted molar refractivity (Wildman–Crippen MR) is 119 cm³/mol. The van der Waals surface area contributed by atoms with Gasteiger partial charge in [-0.25, -0.2) is 9.59 Å². The van der Waals surface area contributed by atoms with E-state index in [1.807, 2.05) is 0 Å². The molecule has 0 amide bonds. The fourth-order valence-corrected chi connectivity index (χ4v) is 2.58. The quantitative estimate of drug-likeness (QED) is 0.0490. The molecule has 0 saturated carbocycles. The molecular formula is C23H25F15O8. The Labute approximate surface area is 249 Å². The van der Waals surface area contributed by atoms with Gasteiger partial charge in [0.2, 0.25) is 0 Å². The number of halogens is 15. The Morgan fingerprint density at radius 1 is 0.500 bits per heavy atom. The van der Waals surface area contributed by atoms with Crippen LogP contribution in [-0.4, -0.2) is 100 Å². The SMILES string of the molecule is O=C(/C=C(/CC(=O)OCCOCC(F)(F)C(F)(F)F)C(=O)OCCCCCC(F)(F)C(F)(F)F)OCCOCC(F)(F)C(F)(F)F. The molecule has 0 aliphatic rings. The largest absolute Gasteiger partial charge is 0.463 e. The van der Waals surface area contributed by atoms with Gasteiger partial charge in [-0.2, -0.15) is 65.9 Å². The van der Waals surface area contributed by atoms with Crippen LogP contribution in [0.3, 0.4) is 0 Å². The minimum absolute atomic E-state index is 0.248. The minimum Gasteiger partial charge on any atom is -0.463 e. The molecule has 0 aromatic rings. The summed E-state index contributed by atoms with van der Waals surface area (Å²) in [6, 6.07) is 0. The van der Waals surface area contributed by atoms with Crippen molar-refractivity contribution < 1.29 is 104 Å². The van der Waals surface area contributed by atoms with E-state index >= 15 is 0 Å². The second-order valence-corrected chi connectivity index (χ2v) is 8.89. The summed E-state index contributed by atoms with van der Waals surface area (Å²) in [5.41, 5.74) is -0.910. The van der Waals surface area contributed by atoms with Crippen LogP contribution in [0.15, 0.2) is 11.6 Å². The lowest BCUT2D eigenvalue weighted by Gasteiger charge is -2.19. The van der Waals surface area contributed by atoms with E-state index < -0.39 is 125 Å². The first-order chi connectivity index (χ1) is 20.7. The lowest BCUT2D eigenvalue weighted by Crippen LogP contribution is -2.41. The van der Waals surface area contributed by atoms with Crippen molar-refractivity contribution in [2.45, 2.75) is 68.4 Å². The maximum absolute atomic E-state index is 12.9. The Kier molecular flexibility index (Phi) is 16.6. The van der Waals surface area contributed by atoms with Crippen LogP contribution in [0, 0.1) is 0 Å². The van der Waals surface area contributed by atoms with E-state index in [0.717, 1.165) is 0 Å². The first-order valence-corrected chi connectivity index (χ1v) is 12.4. The lowest BCUT2D eigenvalue weighted by molar-refractivity contribution is -0.297. The molecular weight excluding hydrogens is 689 g/mol. The molecule has 0 spiro atoms. The van der Waals surface area contributed by atoms with Gasteiger partial charge in [-0.1, -0.05) is 0 Å². The Bertz CT molecular complexity index is 1000. The number of esters is 3. The van der Waals surface area contributed by atoms with Crippen LogP contribution in [0.1, 0.15) is 32.1 Å². The molecule has 0 radical (unpaired) electrons. The Morgan fingerprint density at radius 3 is 1.41 bits per heavy atom. The van der Waals surface area contributed by atoms with E-state index in [4.69, 9.17) is 0 Å². The van der Waals surface area contributed by atoms with E-state index in [1.165, 1.54) is 0 Å². The third kappa shape index (κ3) is 16.0. The highest BCUT2D eigenvalue weighted by Crippen LogP contribution is 2.39. The van der Waals surface area contributed by atoms with Gasteiger partial charge in [-0.15, -0.1) is 0 Å². The van der Waals surface area contributed by atoms with Crippen molar-refractivity contribution in [1.82, 2.24) is 0 Å². The molecule has 0 bridgehead atoms. The van der Waals surface area contributed by atoms with Crippen LogP contribution in [0.4, 0.5) is 65.9 Å². The van der Waals surface area contributed by atoms with Crippen LogP contribution < -0.4 is 0 Å². The third-order valence-corrected chi connectivity index (χ3v) is 5.03. The van der Waals surface area contributed by atoms with Gasteiger partial charge >= 0.3 is 54.2 Å². The number of hydrogen-bond acceptors (Lipinski definition) is 8. The second kappa shape index (κ2) is 17.8. The maximum Gasteiger partial charge on any atom is 0.455 e. The topological polar surface area (TPSA) is 97.4 Å². The van der Waals surface area contributed by atoms with Gasteiger partial charge in [0, 0.05) is 12.5 Å². The Morgan fingerprint density at radius 2 is 0.957 bits per heavy atom. The van der Waals surface area contributed by atoms with Crippen molar-refractivity contribution in [2.75, 3.05) is 46.2 Å². The molecule has 0 aliphatic heterocycles. The van der Waals surface area contributed by atoms with Gasteiger partial charge in [0.25, 0.3) is 0 Å². The minimum atomic E-state index is -5.94. The Hall–Kier alpha value is -2.98. The maximum atomic E-state index is 12.9. The van der Waals surface area contributed by atoms with Gasteiger partial charge in [0.15, 0.2) is 0 Å². The first-order valence-electron chi connectivity index (χ1n) is 12.4. The molecule has 0 aliphatic carbocycles. The molecule has 0 atom stereocenters. The van der Waals surface area contributed by atoms with E-state index in [0.29, 0.717) is 0 Å². The van der Waals surface area contributed by atoms with E-state index in [-0.39, 0.29) is 18.9 Å². The van der Waals surface area contributed by atoms with Gasteiger partial charge in [-0.05, 0) is 19.3 Å². The number of hydrogen-bond donors (Lipinski definition) is 0. The van der Waals surface area contributed by atoms with E-state index in [9.17, 15) is 80.2 Å². The van der Waals surface area contributed by atoms with E-state index in [1.54, 1.807) is 0 Å². The molecule has 0 aromatic heterocycles. The fraction of sp³-hybridized carbons (Fsp3) is 0.783. The molecule has 0 aromatic carbocycles. The average Bonchev–Trinajstić information content (AvgIpc) is 2.87. The van der Waals surface area contributed by atoms with Gasteiger partial charge in [0.05, 0.1) is 31.8 Å². The summed E-state index contributed by atoms with van der Waals surface area (Å²) in [5, 5.41) is 0. The monoisotopic (exact) mass is 714 g/mol. The molecule has 0 fully saturated rings. The third-order valence-electron chi connectivity index (χ3n) is 5.03. The zero-order chi connectivity index (χ0) is 36.0. The zero-order valence-corrected chi connectivity index (χ0v) is 23.0. The molecule has 8 nitrogen and oxygen atoms in total. The van der Waals surface area contributed by atoms with Crippen molar-refractivity contribution >= 4 is 17.9 Å². The van der Waals surface area contributed by atoms with E-state index in [2.05, 4.69) is 23.7 Å². The average molecular weight is 714 g/mol. The highest BCUT2D eigenvalue weighted by atomic mass is 19.4. The van der Waals surface area contributed by atoms with Crippen LogP contribution in [0.5, 0.6) is 0 Å². The van der Waals surface area contributed by atoms with Crippen molar-refractivity contribution in [3.8, 4) is 0 Å². The number of carbonyl (C=O) groups is 3. The van der Waals surface area contributed by atoms with Gasteiger partial charge < -0.3 is 23.7 Å². The highest BCUT2D eigenvalue weighted by Gasteiger charge is 2.58. The molecule has 23 heteroatoms. The predicted octanol–water partition coefficient (Wildman–Crippen LogP) is 6.12. The summed E-state index contributed by atoms with van der Waals surface area (Å²) >= 11 is 0. The van der Waals surface area contributed by atoms with Gasteiger partial charge in [0.1, 0.15) is 26.4 Å².